The lowest BCUT2D eigenvalue weighted by Crippen LogP contribution is -2.08. The average Bonchev–Trinajstić information content (AvgIpc) is 2.82. The molecule has 0 aromatic carbocycles. The van der Waals surface area contributed by atoms with Crippen molar-refractivity contribution in [2.45, 2.75) is 13.3 Å². The molecule has 7 nitrogen and oxygen atoms in total. The highest BCUT2D eigenvalue weighted by Gasteiger charge is 2.22. The molecule has 2 aromatic heterocycles. The van der Waals surface area contributed by atoms with E-state index in [0.29, 0.717) is 18.7 Å². The van der Waals surface area contributed by atoms with Crippen molar-refractivity contribution in [1.82, 2.24) is 15.0 Å². The first-order valence-electron chi connectivity index (χ1n) is 5.33. The lowest BCUT2D eigenvalue weighted by atomic mass is 10.2. The van der Waals surface area contributed by atoms with E-state index < -0.39 is 4.92 Å². The first kappa shape index (κ1) is 12.4. The van der Waals surface area contributed by atoms with E-state index in [1.165, 1.54) is 17.7 Å². The summed E-state index contributed by atoms with van der Waals surface area (Å²) in [5.41, 5.74) is 0.301. The van der Waals surface area contributed by atoms with E-state index in [0.717, 1.165) is 5.01 Å². The summed E-state index contributed by atoms with van der Waals surface area (Å²) < 4.78 is 0. The fourth-order valence-corrected chi connectivity index (χ4v) is 2.14. The zero-order chi connectivity index (χ0) is 13.0. The Morgan fingerprint density at radius 1 is 1.44 bits per heavy atom. The number of nitrogens with one attached hydrogen (secondary N) is 1. The number of nitrogens with zero attached hydrogens (tertiary/aromatic N) is 4. The standard InChI is InChI=1S/C10H11N5O2S/c1-2-11-10-9(15(16)17)7(13-6-14-10)5-8-12-3-4-18-8/h3-4,6H,2,5H2,1H3,(H,11,13,14). The van der Waals surface area contributed by atoms with Crippen LogP contribution in [0.25, 0.3) is 0 Å². The maximum absolute atomic E-state index is 11.1. The lowest BCUT2D eigenvalue weighted by molar-refractivity contribution is -0.385. The van der Waals surface area contributed by atoms with E-state index >= 15 is 0 Å². The van der Waals surface area contributed by atoms with Gasteiger partial charge in [0, 0.05) is 24.5 Å². The molecule has 2 heterocycles. The van der Waals surface area contributed by atoms with Crippen LogP contribution in [0.4, 0.5) is 11.5 Å². The molecule has 0 fully saturated rings. The number of hydrogen-bond donors (Lipinski definition) is 1. The Labute approximate surface area is 107 Å². The minimum atomic E-state index is -0.457. The molecule has 0 aliphatic carbocycles. The average molecular weight is 265 g/mol. The second kappa shape index (κ2) is 5.50. The van der Waals surface area contributed by atoms with E-state index in [9.17, 15) is 10.1 Å². The summed E-state index contributed by atoms with van der Waals surface area (Å²) >= 11 is 1.44. The highest BCUT2D eigenvalue weighted by Crippen LogP contribution is 2.26. The Hall–Kier alpha value is -2.09. The SMILES string of the molecule is CCNc1ncnc(Cc2nccs2)c1[N+](=O)[O-]. The van der Waals surface area contributed by atoms with Crippen molar-refractivity contribution in [2.75, 3.05) is 11.9 Å². The van der Waals surface area contributed by atoms with Crippen LogP contribution in [0.3, 0.4) is 0 Å². The molecule has 2 aromatic rings. The zero-order valence-corrected chi connectivity index (χ0v) is 10.5. The van der Waals surface area contributed by atoms with Gasteiger partial charge >= 0.3 is 5.69 Å². The summed E-state index contributed by atoms with van der Waals surface area (Å²) in [5, 5.41) is 16.6. The summed E-state index contributed by atoms with van der Waals surface area (Å²) in [6.07, 6.45) is 3.33. The molecule has 0 saturated heterocycles. The van der Waals surface area contributed by atoms with Crippen molar-refractivity contribution in [3.8, 4) is 0 Å². The Morgan fingerprint density at radius 2 is 2.28 bits per heavy atom. The highest BCUT2D eigenvalue weighted by molar-refractivity contribution is 7.09. The molecule has 0 radical (unpaired) electrons. The van der Waals surface area contributed by atoms with E-state index in [4.69, 9.17) is 0 Å². The normalized spacial score (nSPS) is 10.3. The van der Waals surface area contributed by atoms with Gasteiger partial charge < -0.3 is 5.32 Å². The minimum Gasteiger partial charge on any atom is -0.365 e. The Balaban J connectivity index is 2.39. The summed E-state index contributed by atoms with van der Waals surface area (Å²) in [6, 6.07) is 0. The molecule has 8 heteroatoms. The topological polar surface area (TPSA) is 93.8 Å². The summed E-state index contributed by atoms with van der Waals surface area (Å²) in [5.74, 6) is 0.254. The molecule has 0 unspecified atom stereocenters. The number of nitro groups is 1. The number of hydrogen-bond acceptors (Lipinski definition) is 7. The quantitative estimate of drug-likeness (QED) is 0.655. The molecule has 0 amide bonds. The lowest BCUT2D eigenvalue weighted by Gasteiger charge is -2.05. The van der Waals surface area contributed by atoms with Gasteiger partial charge in [0.05, 0.1) is 9.93 Å². The third-order valence-electron chi connectivity index (χ3n) is 2.23. The van der Waals surface area contributed by atoms with E-state index in [1.54, 1.807) is 6.20 Å². The fourth-order valence-electron chi connectivity index (χ4n) is 1.52. The third kappa shape index (κ3) is 2.59. The van der Waals surface area contributed by atoms with Crippen LogP contribution in [0.15, 0.2) is 17.9 Å². The molecule has 1 N–H and O–H groups in total. The molecule has 94 valence electrons. The fraction of sp³-hybridized carbons (Fsp3) is 0.300. The van der Waals surface area contributed by atoms with E-state index in [1.807, 2.05) is 12.3 Å². The smallest absolute Gasteiger partial charge is 0.333 e. The van der Waals surface area contributed by atoms with Gasteiger partial charge in [-0.25, -0.2) is 15.0 Å². The number of thiazole rings is 1. The molecule has 2 rings (SSSR count). The van der Waals surface area contributed by atoms with Crippen molar-refractivity contribution in [1.29, 1.82) is 0 Å². The van der Waals surface area contributed by atoms with Gasteiger partial charge in [0.25, 0.3) is 0 Å². The predicted octanol–water partition coefficient (Wildman–Crippen LogP) is 1.86. The maximum Gasteiger partial charge on any atom is 0.333 e. The molecule has 0 saturated carbocycles. The van der Waals surface area contributed by atoms with Gasteiger partial charge in [-0.2, -0.15) is 0 Å². The largest absolute Gasteiger partial charge is 0.365 e. The van der Waals surface area contributed by atoms with Crippen LogP contribution in [-0.2, 0) is 6.42 Å². The van der Waals surface area contributed by atoms with Crippen LogP contribution in [0.1, 0.15) is 17.6 Å². The van der Waals surface area contributed by atoms with Gasteiger partial charge in [0.15, 0.2) is 0 Å². The first-order chi connectivity index (χ1) is 8.72. The van der Waals surface area contributed by atoms with Crippen molar-refractivity contribution in [3.63, 3.8) is 0 Å². The number of anilines is 1. The van der Waals surface area contributed by atoms with Gasteiger partial charge in [-0.05, 0) is 6.92 Å². The van der Waals surface area contributed by atoms with Gasteiger partial charge in [-0.3, -0.25) is 10.1 Å². The maximum atomic E-state index is 11.1. The van der Waals surface area contributed by atoms with Crippen LogP contribution in [0.5, 0.6) is 0 Å². The Kier molecular flexibility index (Phi) is 3.78. The van der Waals surface area contributed by atoms with Gasteiger partial charge in [0.1, 0.15) is 12.0 Å². The molecular weight excluding hydrogens is 254 g/mol. The molecule has 0 bridgehead atoms. The molecule has 18 heavy (non-hydrogen) atoms. The monoisotopic (exact) mass is 265 g/mol. The molecule has 0 atom stereocenters. The molecule has 0 spiro atoms. The Morgan fingerprint density at radius 3 is 2.89 bits per heavy atom. The van der Waals surface area contributed by atoms with Crippen LogP contribution >= 0.6 is 11.3 Å². The van der Waals surface area contributed by atoms with Gasteiger partial charge in [0.2, 0.25) is 5.82 Å². The second-order valence-corrected chi connectivity index (χ2v) is 4.39. The van der Waals surface area contributed by atoms with Crippen LogP contribution in [-0.4, -0.2) is 26.4 Å². The van der Waals surface area contributed by atoms with E-state index in [-0.39, 0.29) is 11.5 Å². The summed E-state index contributed by atoms with van der Waals surface area (Å²) in [7, 11) is 0. The summed E-state index contributed by atoms with van der Waals surface area (Å²) in [4.78, 5) is 22.7. The molecule has 0 aliphatic heterocycles. The van der Waals surface area contributed by atoms with Crippen molar-refractivity contribution in [3.05, 3.63) is 38.7 Å². The highest BCUT2D eigenvalue weighted by atomic mass is 32.1. The van der Waals surface area contributed by atoms with Crippen molar-refractivity contribution >= 4 is 22.8 Å². The Bertz CT molecular complexity index is 543. The van der Waals surface area contributed by atoms with Gasteiger partial charge in [-0.15, -0.1) is 11.3 Å². The van der Waals surface area contributed by atoms with Crippen LogP contribution < -0.4 is 5.32 Å². The van der Waals surface area contributed by atoms with Crippen LogP contribution in [0.2, 0.25) is 0 Å². The zero-order valence-electron chi connectivity index (χ0n) is 9.66. The minimum absolute atomic E-state index is 0.0745. The van der Waals surface area contributed by atoms with E-state index in [2.05, 4.69) is 20.3 Å². The number of aromatic nitrogens is 3. The predicted molar refractivity (Wildman–Crippen MR) is 67.8 cm³/mol. The van der Waals surface area contributed by atoms with Crippen molar-refractivity contribution in [2.24, 2.45) is 0 Å². The molecule has 0 aliphatic rings. The third-order valence-corrected chi connectivity index (χ3v) is 3.01. The number of rotatable bonds is 5. The summed E-state index contributed by atoms with van der Waals surface area (Å²) in [6.45, 7) is 2.42. The van der Waals surface area contributed by atoms with Gasteiger partial charge in [-0.1, -0.05) is 0 Å². The first-order valence-corrected chi connectivity index (χ1v) is 6.20. The van der Waals surface area contributed by atoms with Crippen LogP contribution in [0, 0.1) is 10.1 Å². The second-order valence-electron chi connectivity index (χ2n) is 3.41. The molecular formula is C10H11N5O2S. The van der Waals surface area contributed by atoms with Crippen molar-refractivity contribution < 1.29 is 4.92 Å².